The molecular weight excluding hydrogens is 403 g/mol. The summed E-state index contributed by atoms with van der Waals surface area (Å²) in [4.78, 5) is 17.9. The summed E-state index contributed by atoms with van der Waals surface area (Å²) in [6.07, 6.45) is 4.97. The lowest BCUT2D eigenvalue weighted by Gasteiger charge is -2.41. The monoisotopic (exact) mass is 430 g/mol. The van der Waals surface area contributed by atoms with Crippen LogP contribution in [-0.4, -0.2) is 47.9 Å². The van der Waals surface area contributed by atoms with Crippen molar-refractivity contribution in [2.45, 2.75) is 44.1 Å². The van der Waals surface area contributed by atoms with Crippen molar-refractivity contribution in [3.63, 3.8) is 0 Å². The van der Waals surface area contributed by atoms with Crippen LogP contribution in [0.4, 0.5) is 0 Å². The average Bonchev–Trinajstić information content (AvgIpc) is 3.24. The Hall–Kier alpha value is -1.55. The molecule has 2 fully saturated rings. The van der Waals surface area contributed by atoms with Crippen molar-refractivity contribution in [1.29, 1.82) is 0 Å². The van der Waals surface area contributed by atoms with Gasteiger partial charge in [-0.1, -0.05) is 59.6 Å². The fourth-order valence-electron chi connectivity index (χ4n) is 4.77. The van der Waals surface area contributed by atoms with Gasteiger partial charge < -0.3 is 9.80 Å². The van der Waals surface area contributed by atoms with Gasteiger partial charge in [-0.25, -0.2) is 0 Å². The zero-order valence-corrected chi connectivity index (χ0v) is 18.2. The van der Waals surface area contributed by atoms with E-state index in [0.29, 0.717) is 22.4 Å². The van der Waals surface area contributed by atoms with Crippen LogP contribution in [0.15, 0.2) is 48.5 Å². The summed E-state index contributed by atoms with van der Waals surface area (Å²) >= 11 is 12.2. The van der Waals surface area contributed by atoms with Crippen molar-refractivity contribution < 1.29 is 4.79 Å². The Labute approximate surface area is 183 Å². The molecule has 2 aromatic rings. The Balaban J connectivity index is 1.48. The smallest absolute Gasteiger partial charge is 0.227 e. The van der Waals surface area contributed by atoms with Gasteiger partial charge in [0.05, 0.1) is 16.5 Å². The molecule has 3 nitrogen and oxygen atoms in total. The van der Waals surface area contributed by atoms with Gasteiger partial charge >= 0.3 is 0 Å². The van der Waals surface area contributed by atoms with Gasteiger partial charge in [0, 0.05) is 19.1 Å². The number of hydrogen-bond acceptors (Lipinski definition) is 2. The molecule has 0 unspecified atom stereocenters. The fourth-order valence-corrected chi connectivity index (χ4v) is 5.09. The third kappa shape index (κ3) is 5.14. The molecule has 2 aromatic carbocycles. The molecule has 0 spiro atoms. The molecule has 2 aliphatic heterocycles. The van der Waals surface area contributed by atoms with Gasteiger partial charge in [-0.05, 0) is 68.0 Å². The zero-order chi connectivity index (χ0) is 20.2. The summed E-state index contributed by atoms with van der Waals surface area (Å²) in [6, 6.07) is 16.5. The van der Waals surface area contributed by atoms with Crippen molar-refractivity contribution in [2.75, 3.05) is 26.2 Å². The first-order valence-electron chi connectivity index (χ1n) is 10.6. The first-order chi connectivity index (χ1) is 14.1. The molecule has 0 N–H and O–H groups in total. The van der Waals surface area contributed by atoms with E-state index in [4.69, 9.17) is 23.2 Å². The van der Waals surface area contributed by atoms with Gasteiger partial charge in [-0.15, -0.1) is 0 Å². The van der Waals surface area contributed by atoms with E-state index < -0.39 is 0 Å². The number of likely N-dealkylation sites (tertiary alicyclic amines) is 2. The molecular formula is C24H28Cl2N2O. The highest BCUT2D eigenvalue weighted by Crippen LogP contribution is 2.33. The number of carbonyl (C=O) groups is 1. The van der Waals surface area contributed by atoms with Gasteiger partial charge in [0.25, 0.3) is 0 Å². The number of hydrogen-bond donors (Lipinski definition) is 0. The maximum atomic E-state index is 13.2. The number of rotatable bonds is 5. The number of piperidine rings is 1. The lowest BCUT2D eigenvalue weighted by atomic mass is 9.85. The van der Waals surface area contributed by atoms with Crippen molar-refractivity contribution in [2.24, 2.45) is 0 Å². The number of nitrogens with zero attached hydrogens (tertiary/aromatic N) is 2. The normalized spacial score (nSPS) is 22.8. The molecule has 2 saturated heterocycles. The van der Waals surface area contributed by atoms with Gasteiger partial charge in [0.1, 0.15) is 0 Å². The Morgan fingerprint density at radius 1 is 0.966 bits per heavy atom. The second-order valence-corrected chi connectivity index (χ2v) is 9.12. The van der Waals surface area contributed by atoms with E-state index in [1.807, 2.05) is 12.1 Å². The average molecular weight is 431 g/mol. The van der Waals surface area contributed by atoms with Gasteiger partial charge in [-0.3, -0.25) is 4.79 Å². The molecule has 0 bridgehead atoms. The number of amides is 1. The van der Waals surface area contributed by atoms with Crippen molar-refractivity contribution >= 4 is 29.1 Å². The van der Waals surface area contributed by atoms with E-state index in [-0.39, 0.29) is 11.9 Å². The molecule has 4 rings (SSSR count). The van der Waals surface area contributed by atoms with E-state index in [1.165, 1.54) is 18.4 Å². The van der Waals surface area contributed by atoms with Crippen LogP contribution in [-0.2, 0) is 11.2 Å². The van der Waals surface area contributed by atoms with Crippen LogP contribution in [0.3, 0.4) is 0 Å². The second kappa shape index (κ2) is 9.51. The van der Waals surface area contributed by atoms with Crippen LogP contribution in [0.5, 0.6) is 0 Å². The Kier molecular flexibility index (Phi) is 6.79. The summed E-state index contributed by atoms with van der Waals surface area (Å²) in [7, 11) is 0. The SMILES string of the molecule is O=C(Cc1ccc(Cl)c(Cl)c1)N1CC[C@@H](c2ccccc2)C[C@H]1CN1CCCC1. The maximum Gasteiger partial charge on any atom is 0.227 e. The predicted molar refractivity (Wildman–Crippen MR) is 120 cm³/mol. The number of halogens is 2. The molecule has 0 aromatic heterocycles. The standard InChI is InChI=1S/C24H28Cl2N2O/c25-22-9-8-18(14-23(22)26)15-24(29)28-13-10-20(19-6-2-1-3-7-19)16-21(28)17-27-11-4-5-12-27/h1-3,6-9,14,20-21H,4-5,10-13,15-17H2/t20-,21+/m1/s1. The minimum Gasteiger partial charge on any atom is -0.338 e. The highest BCUT2D eigenvalue weighted by Gasteiger charge is 2.33. The first kappa shape index (κ1) is 20.7. The summed E-state index contributed by atoms with van der Waals surface area (Å²) in [5, 5.41) is 1.03. The lowest BCUT2D eigenvalue weighted by Crippen LogP contribution is -2.51. The number of benzene rings is 2. The highest BCUT2D eigenvalue weighted by atomic mass is 35.5. The minimum absolute atomic E-state index is 0.194. The zero-order valence-electron chi connectivity index (χ0n) is 16.7. The third-order valence-corrected chi connectivity index (χ3v) is 7.05. The summed E-state index contributed by atoms with van der Waals surface area (Å²) in [5.41, 5.74) is 2.32. The first-order valence-corrected chi connectivity index (χ1v) is 11.4. The van der Waals surface area contributed by atoms with Crippen LogP contribution in [0.25, 0.3) is 0 Å². The van der Waals surface area contributed by atoms with E-state index >= 15 is 0 Å². The molecule has 2 atom stereocenters. The van der Waals surface area contributed by atoms with Crippen molar-refractivity contribution in [3.8, 4) is 0 Å². The van der Waals surface area contributed by atoms with Crippen LogP contribution < -0.4 is 0 Å². The van der Waals surface area contributed by atoms with Crippen molar-refractivity contribution in [3.05, 3.63) is 69.7 Å². The van der Waals surface area contributed by atoms with Gasteiger partial charge in [-0.2, -0.15) is 0 Å². The van der Waals surface area contributed by atoms with Crippen LogP contribution in [0, 0.1) is 0 Å². The summed E-state index contributed by atoms with van der Waals surface area (Å²) in [6.45, 7) is 4.11. The molecule has 2 heterocycles. The van der Waals surface area contributed by atoms with E-state index in [9.17, 15) is 4.79 Å². The highest BCUT2D eigenvalue weighted by molar-refractivity contribution is 6.42. The Morgan fingerprint density at radius 2 is 1.72 bits per heavy atom. The Bertz CT molecular complexity index is 836. The molecule has 5 heteroatoms. The molecule has 154 valence electrons. The van der Waals surface area contributed by atoms with Crippen LogP contribution in [0.1, 0.15) is 42.7 Å². The number of carbonyl (C=O) groups excluding carboxylic acids is 1. The molecule has 29 heavy (non-hydrogen) atoms. The maximum absolute atomic E-state index is 13.2. The molecule has 1 amide bonds. The predicted octanol–water partition coefficient (Wildman–Crippen LogP) is 5.41. The van der Waals surface area contributed by atoms with Crippen LogP contribution >= 0.6 is 23.2 Å². The molecule has 0 radical (unpaired) electrons. The fraction of sp³-hybridized carbons (Fsp3) is 0.458. The topological polar surface area (TPSA) is 23.6 Å². The largest absolute Gasteiger partial charge is 0.338 e. The summed E-state index contributed by atoms with van der Waals surface area (Å²) < 4.78 is 0. The third-order valence-electron chi connectivity index (χ3n) is 6.31. The second-order valence-electron chi connectivity index (χ2n) is 8.31. The van der Waals surface area contributed by atoms with E-state index in [0.717, 1.165) is 44.6 Å². The summed E-state index contributed by atoms with van der Waals surface area (Å²) in [5.74, 6) is 0.719. The van der Waals surface area contributed by atoms with Gasteiger partial charge in [0.15, 0.2) is 0 Å². The molecule has 0 aliphatic carbocycles. The van der Waals surface area contributed by atoms with Crippen molar-refractivity contribution in [1.82, 2.24) is 9.80 Å². The Morgan fingerprint density at radius 3 is 2.45 bits per heavy atom. The molecule has 2 aliphatic rings. The van der Waals surface area contributed by atoms with Gasteiger partial charge in [0.2, 0.25) is 5.91 Å². The lowest BCUT2D eigenvalue weighted by molar-refractivity contribution is -0.134. The quantitative estimate of drug-likeness (QED) is 0.632. The minimum atomic E-state index is 0.194. The van der Waals surface area contributed by atoms with E-state index in [1.54, 1.807) is 6.07 Å². The molecule has 0 saturated carbocycles. The van der Waals surface area contributed by atoms with E-state index in [2.05, 4.69) is 40.1 Å². The van der Waals surface area contributed by atoms with Crippen LogP contribution in [0.2, 0.25) is 10.0 Å².